The summed E-state index contributed by atoms with van der Waals surface area (Å²) in [5.41, 5.74) is 1.73. The summed E-state index contributed by atoms with van der Waals surface area (Å²) in [6, 6.07) is 3.59. The van der Waals surface area contributed by atoms with Crippen LogP contribution in [0, 0.1) is 6.92 Å². The maximum atomic E-state index is 12.2. The summed E-state index contributed by atoms with van der Waals surface area (Å²) in [4.78, 5) is 4.15. The van der Waals surface area contributed by atoms with Crippen LogP contribution in [0.2, 0.25) is 0 Å². The maximum absolute atomic E-state index is 12.2. The van der Waals surface area contributed by atoms with Crippen LogP contribution in [0.25, 0.3) is 0 Å². The molecule has 2 aromatic heterocycles. The van der Waals surface area contributed by atoms with Crippen molar-refractivity contribution in [2.45, 2.75) is 31.0 Å². The van der Waals surface area contributed by atoms with Gasteiger partial charge < -0.3 is 4.52 Å². The number of hydrogen-bond donors (Lipinski definition) is 0. The zero-order valence-corrected chi connectivity index (χ0v) is 12.5. The third kappa shape index (κ3) is 2.87. The molecule has 96 valence electrons. The molecular weight excluding hydrogens is 316 g/mol. The fourth-order valence-corrected chi connectivity index (χ4v) is 3.00. The standard InChI is InChI=1S/C12H13BrN2O2S/c1-3-11-10(8(2)15-17-11)7-18(16)12-5-4-9(13)6-14-12/h4-6H,3,7H2,1-2H3. The Balaban J connectivity index is 2.21. The average molecular weight is 329 g/mol. The molecule has 4 nitrogen and oxygen atoms in total. The summed E-state index contributed by atoms with van der Waals surface area (Å²) in [6.07, 6.45) is 2.40. The normalized spacial score (nSPS) is 12.6. The SMILES string of the molecule is CCc1onc(C)c1CS(=O)c1ccc(Br)cn1. The van der Waals surface area contributed by atoms with Gasteiger partial charge in [0.1, 0.15) is 10.8 Å². The summed E-state index contributed by atoms with van der Waals surface area (Å²) in [7, 11) is -1.18. The fraction of sp³-hybridized carbons (Fsp3) is 0.333. The van der Waals surface area contributed by atoms with Gasteiger partial charge in [0.05, 0.1) is 22.2 Å². The summed E-state index contributed by atoms with van der Waals surface area (Å²) in [6.45, 7) is 3.86. The Morgan fingerprint density at radius 1 is 1.44 bits per heavy atom. The Morgan fingerprint density at radius 3 is 2.83 bits per heavy atom. The van der Waals surface area contributed by atoms with Crippen molar-refractivity contribution < 1.29 is 8.73 Å². The van der Waals surface area contributed by atoms with E-state index in [0.29, 0.717) is 10.8 Å². The molecule has 0 aliphatic carbocycles. The molecule has 2 aromatic rings. The van der Waals surface area contributed by atoms with Crippen LogP contribution in [0.3, 0.4) is 0 Å². The predicted octanol–water partition coefficient (Wildman–Crippen LogP) is 3.01. The van der Waals surface area contributed by atoms with Crippen LogP contribution in [-0.4, -0.2) is 14.3 Å². The highest BCUT2D eigenvalue weighted by Crippen LogP contribution is 2.19. The number of nitrogens with zero attached hydrogens (tertiary/aromatic N) is 2. The highest BCUT2D eigenvalue weighted by atomic mass is 79.9. The fourth-order valence-electron chi connectivity index (χ4n) is 1.60. The third-order valence-corrected chi connectivity index (χ3v) is 4.32. The molecule has 0 amide bonds. The van der Waals surface area contributed by atoms with E-state index in [1.807, 2.05) is 19.9 Å². The lowest BCUT2D eigenvalue weighted by Gasteiger charge is -2.02. The van der Waals surface area contributed by atoms with Crippen molar-refractivity contribution in [1.29, 1.82) is 0 Å². The summed E-state index contributed by atoms with van der Waals surface area (Å²) < 4.78 is 18.3. The lowest BCUT2D eigenvalue weighted by molar-refractivity contribution is 0.382. The van der Waals surface area contributed by atoms with Crippen LogP contribution in [0.1, 0.15) is 23.9 Å². The molecule has 0 fully saturated rings. The summed E-state index contributed by atoms with van der Waals surface area (Å²) >= 11 is 3.30. The van der Waals surface area contributed by atoms with Gasteiger partial charge in [-0.2, -0.15) is 0 Å². The molecule has 0 saturated heterocycles. The molecule has 18 heavy (non-hydrogen) atoms. The van der Waals surface area contributed by atoms with Gasteiger partial charge in [-0.1, -0.05) is 12.1 Å². The molecule has 0 N–H and O–H groups in total. The highest BCUT2D eigenvalue weighted by Gasteiger charge is 2.16. The van der Waals surface area contributed by atoms with E-state index >= 15 is 0 Å². The minimum Gasteiger partial charge on any atom is -0.361 e. The lowest BCUT2D eigenvalue weighted by atomic mass is 10.2. The lowest BCUT2D eigenvalue weighted by Crippen LogP contribution is -2.01. The molecule has 2 heterocycles. The first-order chi connectivity index (χ1) is 8.61. The van der Waals surface area contributed by atoms with Gasteiger partial charge in [-0.3, -0.25) is 4.21 Å². The summed E-state index contributed by atoms with van der Waals surface area (Å²) in [5.74, 6) is 1.20. The number of hydrogen-bond acceptors (Lipinski definition) is 4. The van der Waals surface area contributed by atoms with Gasteiger partial charge in [-0.05, 0) is 35.0 Å². The van der Waals surface area contributed by atoms with Crippen LogP contribution >= 0.6 is 15.9 Å². The molecule has 0 bridgehead atoms. The smallest absolute Gasteiger partial charge is 0.140 e. The molecule has 6 heteroatoms. The topological polar surface area (TPSA) is 56.0 Å². The molecule has 0 spiro atoms. The second-order valence-electron chi connectivity index (χ2n) is 3.83. The Hall–Kier alpha value is -1.01. The van der Waals surface area contributed by atoms with Gasteiger partial charge in [0.25, 0.3) is 0 Å². The molecule has 0 aliphatic rings. The molecular formula is C12H13BrN2O2S. The number of halogens is 1. The van der Waals surface area contributed by atoms with Crippen molar-refractivity contribution in [2.75, 3.05) is 0 Å². The number of aryl methyl sites for hydroxylation is 2. The molecule has 0 radical (unpaired) electrons. The first-order valence-corrected chi connectivity index (χ1v) is 7.67. The average Bonchev–Trinajstić information content (AvgIpc) is 2.71. The minimum absolute atomic E-state index is 0.396. The van der Waals surface area contributed by atoms with Gasteiger partial charge in [0.2, 0.25) is 0 Å². The zero-order chi connectivity index (χ0) is 13.1. The Morgan fingerprint density at radius 2 is 2.22 bits per heavy atom. The van der Waals surface area contributed by atoms with Crippen LogP contribution in [-0.2, 0) is 23.0 Å². The van der Waals surface area contributed by atoms with E-state index in [1.54, 1.807) is 12.3 Å². The minimum atomic E-state index is -1.18. The highest BCUT2D eigenvalue weighted by molar-refractivity contribution is 9.10. The van der Waals surface area contributed by atoms with Crippen molar-refractivity contribution in [3.8, 4) is 0 Å². The van der Waals surface area contributed by atoms with Gasteiger partial charge in [-0.25, -0.2) is 4.98 Å². The molecule has 2 rings (SSSR count). The van der Waals surface area contributed by atoms with Crippen molar-refractivity contribution in [1.82, 2.24) is 10.1 Å². The van der Waals surface area contributed by atoms with E-state index in [2.05, 4.69) is 26.1 Å². The predicted molar refractivity (Wildman–Crippen MR) is 72.7 cm³/mol. The van der Waals surface area contributed by atoms with Crippen molar-refractivity contribution in [2.24, 2.45) is 0 Å². The first-order valence-electron chi connectivity index (χ1n) is 5.55. The Labute approximate surface area is 116 Å². The van der Waals surface area contributed by atoms with E-state index in [-0.39, 0.29) is 0 Å². The molecule has 1 atom stereocenters. The van der Waals surface area contributed by atoms with E-state index in [9.17, 15) is 4.21 Å². The van der Waals surface area contributed by atoms with Crippen LogP contribution in [0.5, 0.6) is 0 Å². The van der Waals surface area contributed by atoms with E-state index in [4.69, 9.17) is 4.52 Å². The van der Waals surface area contributed by atoms with Crippen molar-refractivity contribution >= 4 is 26.7 Å². The molecule has 0 aromatic carbocycles. The van der Waals surface area contributed by atoms with E-state index in [1.165, 1.54) is 0 Å². The second kappa shape index (κ2) is 5.75. The zero-order valence-electron chi connectivity index (χ0n) is 10.1. The number of aromatic nitrogens is 2. The van der Waals surface area contributed by atoms with Gasteiger partial charge >= 0.3 is 0 Å². The quantitative estimate of drug-likeness (QED) is 0.865. The second-order valence-corrected chi connectivity index (χ2v) is 6.14. The molecule has 0 aliphatic heterocycles. The monoisotopic (exact) mass is 328 g/mol. The number of pyridine rings is 1. The van der Waals surface area contributed by atoms with E-state index in [0.717, 1.165) is 27.9 Å². The van der Waals surface area contributed by atoms with Crippen LogP contribution in [0.4, 0.5) is 0 Å². The van der Waals surface area contributed by atoms with Gasteiger partial charge in [0.15, 0.2) is 0 Å². The molecule has 0 saturated carbocycles. The van der Waals surface area contributed by atoms with Crippen LogP contribution < -0.4 is 0 Å². The molecule has 1 unspecified atom stereocenters. The van der Waals surface area contributed by atoms with Crippen molar-refractivity contribution in [3.05, 3.63) is 39.8 Å². The third-order valence-electron chi connectivity index (χ3n) is 2.60. The van der Waals surface area contributed by atoms with Crippen molar-refractivity contribution in [3.63, 3.8) is 0 Å². The first kappa shape index (κ1) is 13.4. The van der Waals surface area contributed by atoms with E-state index < -0.39 is 10.8 Å². The largest absolute Gasteiger partial charge is 0.361 e. The Bertz CT molecular complexity index is 566. The van der Waals surface area contributed by atoms with Crippen LogP contribution in [0.15, 0.2) is 32.4 Å². The van der Waals surface area contributed by atoms with Gasteiger partial charge in [0, 0.05) is 22.7 Å². The maximum Gasteiger partial charge on any atom is 0.140 e. The Kier molecular flexibility index (Phi) is 4.29. The van der Waals surface area contributed by atoms with Gasteiger partial charge in [-0.15, -0.1) is 0 Å². The summed E-state index contributed by atoms with van der Waals surface area (Å²) in [5, 5.41) is 4.48. The number of rotatable bonds is 4.